The normalized spacial score (nSPS) is 11.3. The Morgan fingerprint density at radius 1 is 1.15 bits per heavy atom. The van der Waals surface area contributed by atoms with Gasteiger partial charge in [0.15, 0.2) is 17.3 Å². The lowest BCUT2D eigenvalue weighted by Gasteiger charge is -2.07. The third-order valence-corrected chi connectivity index (χ3v) is 3.41. The first-order chi connectivity index (χ1) is 12.9. The average Bonchev–Trinajstić information content (AvgIpc) is 2.70. The number of carbonyl (C=O) groups is 1. The van der Waals surface area contributed by atoms with Gasteiger partial charge in [0.1, 0.15) is 0 Å². The summed E-state index contributed by atoms with van der Waals surface area (Å²) in [5, 5.41) is 14.3. The summed E-state index contributed by atoms with van der Waals surface area (Å²) in [7, 11) is 3.03. The van der Waals surface area contributed by atoms with Gasteiger partial charge in [0, 0.05) is 23.8 Å². The zero-order valence-corrected chi connectivity index (χ0v) is 14.6. The number of rotatable bonds is 7. The van der Waals surface area contributed by atoms with Crippen LogP contribution in [0, 0.1) is 10.1 Å². The van der Waals surface area contributed by atoms with Crippen molar-refractivity contribution in [1.82, 2.24) is 0 Å². The molecule has 2 rings (SSSR count). The molecule has 0 aliphatic heterocycles. The fraction of sp³-hybridized carbons (Fsp3) is 0.111. The van der Waals surface area contributed by atoms with Crippen molar-refractivity contribution in [2.75, 3.05) is 14.2 Å². The monoisotopic (exact) mass is 371 g/mol. The molecule has 0 aliphatic carbocycles. The molecule has 27 heavy (non-hydrogen) atoms. The van der Waals surface area contributed by atoms with E-state index >= 15 is 0 Å². The smallest absolute Gasteiger partial charge is 0.358 e. The number of nitrogens with two attached hydrogens (primary N) is 1. The largest absolute Gasteiger partial charge is 0.493 e. The van der Waals surface area contributed by atoms with Gasteiger partial charge in [-0.3, -0.25) is 10.1 Å². The van der Waals surface area contributed by atoms with Crippen molar-refractivity contribution in [3.63, 3.8) is 0 Å². The molecular weight excluding hydrogens is 354 g/mol. The van der Waals surface area contributed by atoms with Crippen molar-refractivity contribution in [3.05, 3.63) is 69.8 Å². The highest BCUT2D eigenvalue weighted by Crippen LogP contribution is 2.27. The van der Waals surface area contributed by atoms with Crippen LogP contribution in [0.4, 0.5) is 5.69 Å². The van der Waals surface area contributed by atoms with Crippen LogP contribution in [0.1, 0.15) is 11.1 Å². The van der Waals surface area contributed by atoms with Crippen LogP contribution in [0.2, 0.25) is 0 Å². The van der Waals surface area contributed by atoms with Crippen LogP contribution in [-0.2, 0) is 9.63 Å². The van der Waals surface area contributed by atoms with Gasteiger partial charge in [-0.2, -0.15) is 0 Å². The van der Waals surface area contributed by atoms with E-state index in [0.717, 1.165) is 6.08 Å². The molecule has 0 bridgehead atoms. The van der Waals surface area contributed by atoms with Gasteiger partial charge in [-0.25, -0.2) is 4.79 Å². The van der Waals surface area contributed by atoms with E-state index in [2.05, 4.69) is 5.16 Å². The predicted molar refractivity (Wildman–Crippen MR) is 98.5 cm³/mol. The number of methoxy groups -OCH3 is 2. The van der Waals surface area contributed by atoms with Gasteiger partial charge in [-0.05, 0) is 23.8 Å². The molecule has 140 valence electrons. The van der Waals surface area contributed by atoms with Gasteiger partial charge in [0.2, 0.25) is 0 Å². The number of oxime groups is 1. The maximum atomic E-state index is 11.8. The van der Waals surface area contributed by atoms with Gasteiger partial charge in [-0.15, -0.1) is 0 Å². The Hall–Kier alpha value is -3.88. The fourth-order valence-corrected chi connectivity index (χ4v) is 2.08. The molecular formula is C18H17N3O6. The Kier molecular flexibility index (Phi) is 6.48. The SMILES string of the molecule is COc1ccc(/C=C/C(=O)O/N=C(/N)c2cccc([N+](=O)[O-])c2)cc1OC. The lowest BCUT2D eigenvalue weighted by atomic mass is 10.2. The number of nitro benzene ring substituents is 1. The molecule has 0 amide bonds. The zero-order chi connectivity index (χ0) is 19.8. The van der Waals surface area contributed by atoms with Crippen molar-refractivity contribution >= 4 is 23.6 Å². The summed E-state index contributed by atoms with van der Waals surface area (Å²) in [5.74, 6) is 0.150. The Balaban J connectivity index is 2.05. The average molecular weight is 371 g/mol. The van der Waals surface area contributed by atoms with E-state index in [9.17, 15) is 14.9 Å². The molecule has 0 atom stereocenters. The number of nitrogens with zero attached hydrogens (tertiary/aromatic N) is 2. The van der Waals surface area contributed by atoms with Crippen LogP contribution >= 0.6 is 0 Å². The number of hydrogen-bond acceptors (Lipinski definition) is 7. The Morgan fingerprint density at radius 3 is 2.56 bits per heavy atom. The molecule has 2 N–H and O–H groups in total. The molecule has 0 heterocycles. The minimum Gasteiger partial charge on any atom is -0.493 e. The molecule has 2 aromatic carbocycles. The topological polar surface area (TPSA) is 126 Å². The van der Waals surface area contributed by atoms with E-state index in [4.69, 9.17) is 20.0 Å². The molecule has 0 unspecified atom stereocenters. The minimum atomic E-state index is -0.766. The van der Waals surface area contributed by atoms with Crippen molar-refractivity contribution in [2.24, 2.45) is 10.9 Å². The Morgan fingerprint density at radius 2 is 1.89 bits per heavy atom. The van der Waals surface area contributed by atoms with Crippen LogP contribution in [0.5, 0.6) is 11.5 Å². The van der Waals surface area contributed by atoms with Gasteiger partial charge < -0.3 is 20.0 Å². The summed E-state index contributed by atoms with van der Waals surface area (Å²) < 4.78 is 10.3. The van der Waals surface area contributed by atoms with Crippen molar-refractivity contribution in [1.29, 1.82) is 0 Å². The molecule has 0 aliphatic rings. The molecule has 2 aromatic rings. The Labute approximate surface area is 154 Å². The number of benzene rings is 2. The van der Waals surface area contributed by atoms with Crippen LogP contribution in [0.25, 0.3) is 6.08 Å². The minimum absolute atomic E-state index is 0.148. The highest BCUT2D eigenvalue weighted by molar-refractivity contribution is 5.98. The lowest BCUT2D eigenvalue weighted by molar-refractivity contribution is -0.384. The second-order valence-corrected chi connectivity index (χ2v) is 5.14. The number of ether oxygens (including phenoxy) is 2. The van der Waals surface area contributed by atoms with Crippen LogP contribution in [-0.4, -0.2) is 30.9 Å². The molecule has 0 saturated heterocycles. The summed E-state index contributed by atoms with van der Waals surface area (Å²) >= 11 is 0. The standard InChI is InChI=1S/C18H17N3O6/c1-25-15-8-6-12(10-16(15)26-2)7-9-17(22)27-20-18(19)13-4-3-5-14(11-13)21(23)24/h3-11H,1-2H3,(H2,19,20)/b9-7+. The molecule has 9 heteroatoms. The first-order valence-electron chi connectivity index (χ1n) is 7.64. The van der Waals surface area contributed by atoms with E-state index in [0.29, 0.717) is 17.1 Å². The van der Waals surface area contributed by atoms with Crippen LogP contribution in [0.15, 0.2) is 53.7 Å². The second kappa shape index (κ2) is 8.99. The highest BCUT2D eigenvalue weighted by atomic mass is 16.7. The van der Waals surface area contributed by atoms with E-state index in [1.54, 1.807) is 18.2 Å². The fourth-order valence-electron chi connectivity index (χ4n) is 2.08. The predicted octanol–water partition coefficient (Wildman–Crippen LogP) is 2.49. The first-order valence-corrected chi connectivity index (χ1v) is 7.64. The molecule has 9 nitrogen and oxygen atoms in total. The van der Waals surface area contributed by atoms with Crippen LogP contribution in [0.3, 0.4) is 0 Å². The summed E-state index contributed by atoms with van der Waals surface area (Å²) in [6, 6.07) is 10.6. The third-order valence-electron chi connectivity index (χ3n) is 3.41. The summed E-state index contributed by atoms with van der Waals surface area (Å²) in [6.45, 7) is 0. The van der Waals surface area contributed by atoms with Gasteiger partial charge >= 0.3 is 5.97 Å². The van der Waals surface area contributed by atoms with E-state index in [-0.39, 0.29) is 17.1 Å². The van der Waals surface area contributed by atoms with Crippen molar-refractivity contribution < 1.29 is 24.0 Å². The number of carbonyl (C=O) groups excluding carboxylic acids is 1. The quantitative estimate of drug-likeness (QED) is 0.198. The first kappa shape index (κ1) is 19.4. The lowest BCUT2D eigenvalue weighted by Crippen LogP contribution is -2.15. The second-order valence-electron chi connectivity index (χ2n) is 5.14. The summed E-state index contributed by atoms with van der Waals surface area (Å²) in [6.07, 6.45) is 2.66. The maximum Gasteiger partial charge on any atom is 0.358 e. The number of amidine groups is 1. The van der Waals surface area contributed by atoms with Crippen molar-refractivity contribution in [3.8, 4) is 11.5 Å². The van der Waals surface area contributed by atoms with Crippen LogP contribution < -0.4 is 15.2 Å². The van der Waals surface area contributed by atoms with Crippen molar-refractivity contribution in [2.45, 2.75) is 0 Å². The number of non-ortho nitro benzene ring substituents is 1. The molecule has 0 saturated carbocycles. The zero-order valence-electron chi connectivity index (χ0n) is 14.6. The molecule has 0 radical (unpaired) electrons. The van der Waals surface area contributed by atoms with E-state index in [1.807, 2.05) is 0 Å². The number of hydrogen-bond donors (Lipinski definition) is 1. The van der Waals surface area contributed by atoms with Gasteiger partial charge in [0.05, 0.1) is 19.1 Å². The van der Waals surface area contributed by atoms with E-state index in [1.165, 1.54) is 44.6 Å². The van der Waals surface area contributed by atoms with Gasteiger partial charge in [-0.1, -0.05) is 23.4 Å². The maximum absolute atomic E-state index is 11.8. The van der Waals surface area contributed by atoms with Gasteiger partial charge in [0.25, 0.3) is 5.69 Å². The number of nitro groups is 1. The van der Waals surface area contributed by atoms with E-state index < -0.39 is 10.9 Å². The third kappa shape index (κ3) is 5.30. The highest BCUT2D eigenvalue weighted by Gasteiger charge is 2.09. The Bertz CT molecular complexity index is 908. The molecule has 0 aromatic heterocycles. The summed E-state index contributed by atoms with van der Waals surface area (Å²) in [5.41, 5.74) is 6.48. The summed E-state index contributed by atoms with van der Waals surface area (Å²) in [4.78, 5) is 26.7. The molecule has 0 spiro atoms. The molecule has 0 fully saturated rings.